The molecule has 2 unspecified atom stereocenters. The van der Waals surface area contributed by atoms with E-state index < -0.39 is 0 Å². The lowest BCUT2D eigenvalue weighted by Crippen LogP contribution is -2.18. The largest absolute Gasteiger partial charge is 0.318 e. The van der Waals surface area contributed by atoms with Crippen LogP contribution in [0.3, 0.4) is 0 Å². The second kappa shape index (κ2) is 3.99. The first-order valence-electron chi connectivity index (χ1n) is 3.24. The van der Waals surface area contributed by atoms with Gasteiger partial charge in [0.1, 0.15) is 0 Å². The molecule has 2 nitrogen and oxygen atoms in total. The molecule has 60 valence electrons. The summed E-state index contributed by atoms with van der Waals surface area (Å²) < 4.78 is 0. The first-order chi connectivity index (χ1) is 5.22. The van der Waals surface area contributed by atoms with Crippen molar-refractivity contribution >= 4 is 25.3 Å². The van der Waals surface area contributed by atoms with Gasteiger partial charge in [-0.05, 0) is 12.1 Å². The van der Waals surface area contributed by atoms with Gasteiger partial charge in [0.05, 0.1) is 16.3 Å². The average Bonchev–Trinajstić information content (AvgIpc) is 2.05. The average molecular weight is 186 g/mol. The molecule has 0 amide bonds. The van der Waals surface area contributed by atoms with Gasteiger partial charge in [-0.15, -0.1) is 0 Å². The van der Waals surface area contributed by atoms with E-state index in [0.29, 0.717) is 0 Å². The maximum absolute atomic E-state index is 5.52. The lowest BCUT2D eigenvalue weighted by Gasteiger charge is -2.12. The zero-order chi connectivity index (χ0) is 8.27. The highest BCUT2D eigenvalue weighted by Crippen LogP contribution is 2.21. The van der Waals surface area contributed by atoms with Crippen molar-refractivity contribution < 1.29 is 0 Å². The van der Waals surface area contributed by atoms with Crippen molar-refractivity contribution in [2.45, 2.75) is 10.6 Å². The molecule has 1 heterocycles. The topological polar surface area (TPSA) is 38.9 Å². The molecule has 2 N–H and O–H groups in total. The summed E-state index contributed by atoms with van der Waals surface area (Å²) in [6, 6.07) is 5.64. The minimum Gasteiger partial charge on any atom is -0.318 e. The van der Waals surface area contributed by atoms with Crippen molar-refractivity contribution in [3.05, 3.63) is 30.1 Å². The molecule has 1 aromatic rings. The van der Waals surface area contributed by atoms with Crippen molar-refractivity contribution in [3.63, 3.8) is 0 Å². The highest BCUT2D eigenvalue weighted by Gasteiger charge is 2.11. The van der Waals surface area contributed by atoms with E-state index in [1.165, 1.54) is 0 Å². The van der Waals surface area contributed by atoms with Crippen LogP contribution < -0.4 is 5.73 Å². The van der Waals surface area contributed by atoms with Gasteiger partial charge in [-0.25, -0.2) is 0 Å². The fourth-order valence-electron chi connectivity index (χ4n) is 0.726. The molecule has 0 aliphatic carbocycles. The van der Waals surface area contributed by atoms with Gasteiger partial charge in [-0.1, -0.05) is 6.07 Å². The van der Waals surface area contributed by atoms with Crippen LogP contribution in [0.4, 0.5) is 0 Å². The second-order valence-electron chi connectivity index (χ2n) is 2.19. The van der Waals surface area contributed by atoms with Crippen molar-refractivity contribution in [1.29, 1.82) is 0 Å². The molecule has 1 rings (SSSR count). The summed E-state index contributed by atoms with van der Waals surface area (Å²) in [6.07, 6.45) is 1.72. The van der Waals surface area contributed by atoms with E-state index in [0.717, 1.165) is 5.69 Å². The van der Waals surface area contributed by atoms with Gasteiger partial charge in [-0.2, -0.15) is 25.3 Å². The molecule has 0 aliphatic rings. The van der Waals surface area contributed by atoms with Gasteiger partial charge in [0.2, 0.25) is 0 Å². The van der Waals surface area contributed by atoms with E-state index in [9.17, 15) is 0 Å². The molecule has 11 heavy (non-hydrogen) atoms. The van der Waals surface area contributed by atoms with Gasteiger partial charge < -0.3 is 5.73 Å². The maximum atomic E-state index is 5.52. The lowest BCUT2D eigenvalue weighted by atomic mass is 10.2. The van der Waals surface area contributed by atoms with Crippen LogP contribution in [0.25, 0.3) is 0 Å². The SMILES string of the molecule is NC(S)C(S)c1ccccn1. The Labute approximate surface area is 77.0 Å². The van der Waals surface area contributed by atoms with Crippen LogP contribution in [0.5, 0.6) is 0 Å². The van der Waals surface area contributed by atoms with Crippen molar-refractivity contribution in [3.8, 4) is 0 Å². The zero-order valence-electron chi connectivity index (χ0n) is 5.88. The Kier molecular flexibility index (Phi) is 3.23. The molecule has 0 fully saturated rings. The van der Waals surface area contributed by atoms with Gasteiger partial charge in [0.15, 0.2) is 0 Å². The Bertz CT molecular complexity index is 213. The predicted octanol–water partition coefficient (Wildman–Crippen LogP) is 1.27. The van der Waals surface area contributed by atoms with Gasteiger partial charge in [0, 0.05) is 6.20 Å². The minimum absolute atomic E-state index is 0.0977. The van der Waals surface area contributed by atoms with Crippen LogP contribution in [-0.2, 0) is 0 Å². The smallest absolute Gasteiger partial charge is 0.0681 e. The van der Waals surface area contributed by atoms with E-state index >= 15 is 0 Å². The molecular formula is C7H10N2S2. The molecule has 0 spiro atoms. The quantitative estimate of drug-likeness (QED) is 0.481. The third-order valence-electron chi connectivity index (χ3n) is 1.31. The van der Waals surface area contributed by atoms with Crippen molar-refractivity contribution in [1.82, 2.24) is 4.98 Å². The number of nitrogens with two attached hydrogens (primary N) is 1. The summed E-state index contributed by atoms with van der Waals surface area (Å²) in [4.78, 5) is 4.09. The molecule has 0 saturated heterocycles. The van der Waals surface area contributed by atoms with Gasteiger partial charge in [-0.3, -0.25) is 4.98 Å². The zero-order valence-corrected chi connectivity index (χ0v) is 7.67. The summed E-state index contributed by atoms with van der Waals surface area (Å²) in [7, 11) is 0. The van der Waals surface area contributed by atoms with Crippen LogP contribution >= 0.6 is 25.3 Å². The summed E-state index contributed by atoms with van der Waals surface area (Å²) >= 11 is 8.32. The first-order valence-corrected chi connectivity index (χ1v) is 4.28. The van der Waals surface area contributed by atoms with Crippen LogP contribution in [0.1, 0.15) is 10.9 Å². The number of pyridine rings is 1. The molecule has 0 bridgehead atoms. The van der Waals surface area contributed by atoms with E-state index in [1.54, 1.807) is 6.20 Å². The number of hydrogen-bond acceptors (Lipinski definition) is 4. The summed E-state index contributed by atoms with van der Waals surface area (Å²) in [5, 5.41) is -0.368. The number of thiol groups is 2. The molecule has 0 aromatic carbocycles. The van der Waals surface area contributed by atoms with Crippen LogP contribution in [0.15, 0.2) is 24.4 Å². The molecule has 0 saturated carbocycles. The van der Waals surface area contributed by atoms with E-state index in [-0.39, 0.29) is 10.6 Å². The minimum atomic E-state index is -0.270. The molecular weight excluding hydrogens is 176 g/mol. The highest BCUT2D eigenvalue weighted by molar-refractivity contribution is 7.84. The Morgan fingerprint density at radius 2 is 2.09 bits per heavy atom. The predicted molar refractivity (Wildman–Crippen MR) is 52.9 cm³/mol. The van der Waals surface area contributed by atoms with Crippen LogP contribution in [0, 0.1) is 0 Å². The fraction of sp³-hybridized carbons (Fsp3) is 0.286. The third-order valence-corrected chi connectivity index (χ3v) is 2.43. The standard InChI is InChI=1S/C7H10N2S2/c8-7(11)6(10)5-3-1-2-4-9-5/h1-4,6-7,10-11H,8H2. The number of nitrogens with zero attached hydrogens (tertiary/aromatic N) is 1. The Balaban J connectivity index is 2.77. The number of rotatable bonds is 2. The fourth-order valence-corrected chi connectivity index (χ4v) is 1.03. The van der Waals surface area contributed by atoms with E-state index in [4.69, 9.17) is 5.73 Å². The van der Waals surface area contributed by atoms with Gasteiger partial charge in [0.25, 0.3) is 0 Å². The summed E-state index contributed by atoms with van der Waals surface area (Å²) in [5.74, 6) is 0. The molecule has 4 heteroatoms. The second-order valence-corrected chi connectivity index (χ2v) is 3.34. The van der Waals surface area contributed by atoms with Crippen molar-refractivity contribution in [2.24, 2.45) is 5.73 Å². The van der Waals surface area contributed by atoms with Crippen LogP contribution in [-0.4, -0.2) is 10.4 Å². The van der Waals surface area contributed by atoms with Gasteiger partial charge >= 0.3 is 0 Å². The summed E-state index contributed by atoms with van der Waals surface area (Å²) in [5.41, 5.74) is 6.38. The molecule has 1 aromatic heterocycles. The van der Waals surface area contributed by atoms with E-state index in [1.807, 2.05) is 18.2 Å². The number of hydrogen-bond donors (Lipinski definition) is 3. The Morgan fingerprint density at radius 1 is 1.36 bits per heavy atom. The molecule has 0 radical (unpaired) electrons. The van der Waals surface area contributed by atoms with Crippen LogP contribution in [0.2, 0.25) is 0 Å². The highest BCUT2D eigenvalue weighted by atomic mass is 32.1. The van der Waals surface area contributed by atoms with E-state index in [2.05, 4.69) is 30.2 Å². The maximum Gasteiger partial charge on any atom is 0.0681 e. The van der Waals surface area contributed by atoms with Crippen molar-refractivity contribution in [2.75, 3.05) is 0 Å². The first kappa shape index (κ1) is 8.90. The summed E-state index contributed by atoms with van der Waals surface area (Å²) in [6.45, 7) is 0. The third kappa shape index (κ3) is 2.39. The lowest BCUT2D eigenvalue weighted by molar-refractivity contribution is 0.857. The molecule has 2 atom stereocenters. The normalized spacial score (nSPS) is 15.9. The number of aromatic nitrogens is 1. The molecule has 0 aliphatic heterocycles. The Morgan fingerprint density at radius 3 is 2.55 bits per heavy atom. The Hall–Kier alpha value is -0.190. The monoisotopic (exact) mass is 186 g/mol.